The summed E-state index contributed by atoms with van der Waals surface area (Å²) >= 11 is 7.41. The van der Waals surface area contributed by atoms with Crippen LogP contribution in [0.1, 0.15) is 28.2 Å². The predicted octanol–water partition coefficient (Wildman–Crippen LogP) is 4.96. The van der Waals surface area contributed by atoms with E-state index in [9.17, 15) is 4.79 Å². The van der Waals surface area contributed by atoms with Gasteiger partial charge < -0.3 is 9.30 Å². The number of halogens is 1. The minimum atomic E-state index is 0.113. The molecule has 2 aromatic heterocycles. The lowest BCUT2D eigenvalue weighted by Gasteiger charge is -2.09. The van der Waals surface area contributed by atoms with E-state index in [1.807, 2.05) is 54.9 Å². The molecule has 0 N–H and O–H groups in total. The molecule has 0 unspecified atom stereocenters. The Morgan fingerprint density at radius 2 is 2.00 bits per heavy atom. The van der Waals surface area contributed by atoms with Crippen molar-refractivity contribution in [2.24, 2.45) is 0 Å². The Kier molecular flexibility index (Phi) is 6.99. The van der Waals surface area contributed by atoms with Crippen LogP contribution in [0, 0.1) is 13.8 Å². The van der Waals surface area contributed by atoms with Crippen LogP contribution in [0.2, 0.25) is 5.02 Å². The zero-order chi connectivity index (χ0) is 20.1. The lowest BCUT2D eigenvalue weighted by molar-refractivity contribution is 0.102. The zero-order valence-corrected chi connectivity index (χ0v) is 17.9. The van der Waals surface area contributed by atoms with E-state index in [1.54, 1.807) is 13.3 Å². The number of imidazole rings is 1. The van der Waals surface area contributed by atoms with Gasteiger partial charge in [-0.1, -0.05) is 23.4 Å². The fraction of sp³-hybridized carbons (Fsp3) is 0.333. The lowest BCUT2D eigenvalue weighted by Crippen LogP contribution is -2.08. The van der Waals surface area contributed by atoms with E-state index in [0.29, 0.717) is 17.4 Å². The Morgan fingerprint density at radius 1 is 1.25 bits per heavy atom. The van der Waals surface area contributed by atoms with Gasteiger partial charge in [-0.05, 0) is 50.6 Å². The molecule has 7 heteroatoms. The Hall–Kier alpha value is -2.02. The highest BCUT2D eigenvalue weighted by atomic mass is 35.5. The van der Waals surface area contributed by atoms with Gasteiger partial charge in [0, 0.05) is 60.3 Å². The van der Waals surface area contributed by atoms with Crippen molar-refractivity contribution in [2.75, 3.05) is 19.5 Å². The van der Waals surface area contributed by atoms with Crippen LogP contribution in [-0.4, -0.2) is 39.4 Å². The number of aromatic nitrogens is 3. The molecule has 0 amide bonds. The molecule has 5 nitrogen and oxygen atoms in total. The number of thioether (sulfide) groups is 1. The van der Waals surface area contributed by atoms with E-state index >= 15 is 0 Å². The number of aryl methyl sites for hydroxylation is 1. The molecule has 0 spiro atoms. The second-order valence-corrected chi connectivity index (χ2v) is 7.93. The molecule has 0 saturated heterocycles. The van der Waals surface area contributed by atoms with E-state index in [2.05, 4.69) is 9.55 Å². The summed E-state index contributed by atoms with van der Waals surface area (Å²) in [7, 11) is 1.70. The summed E-state index contributed by atoms with van der Waals surface area (Å²) in [6.45, 7) is 5.61. The van der Waals surface area contributed by atoms with Gasteiger partial charge in [0.1, 0.15) is 0 Å². The Balaban J connectivity index is 1.69. The van der Waals surface area contributed by atoms with Gasteiger partial charge in [0.25, 0.3) is 0 Å². The van der Waals surface area contributed by atoms with E-state index in [0.717, 1.165) is 40.8 Å². The number of hydrogen-bond acceptors (Lipinski definition) is 4. The summed E-state index contributed by atoms with van der Waals surface area (Å²) in [5.74, 6) is 0.453. The van der Waals surface area contributed by atoms with Crippen molar-refractivity contribution in [3.05, 3.63) is 64.7 Å². The molecule has 1 aromatic carbocycles. The van der Waals surface area contributed by atoms with Gasteiger partial charge in [-0.15, -0.1) is 0 Å². The number of Topliss-reactive ketones (excluding diaryl/α,β-unsaturated/α-hetero) is 1. The third-order valence-electron chi connectivity index (χ3n) is 4.65. The van der Waals surface area contributed by atoms with Crippen LogP contribution in [-0.2, 0) is 11.3 Å². The quantitative estimate of drug-likeness (QED) is 0.280. The Labute approximate surface area is 174 Å². The van der Waals surface area contributed by atoms with Gasteiger partial charge in [0.15, 0.2) is 10.9 Å². The molecule has 0 radical (unpaired) electrons. The third kappa shape index (κ3) is 4.69. The van der Waals surface area contributed by atoms with E-state index in [-0.39, 0.29) is 5.78 Å². The maximum Gasteiger partial charge on any atom is 0.175 e. The van der Waals surface area contributed by atoms with Crippen molar-refractivity contribution in [1.29, 1.82) is 0 Å². The van der Waals surface area contributed by atoms with Crippen LogP contribution in [0.3, 0.4) is 0 Å². The molecule has 0 atom stereocenters. The second kappa shape index (κ2) is 9.45. The first-order valence-corrected chi connectivity index (χ1v) is 10.5. The highest BCUT2D eigenvalue weighted by molar-refractivity contribution is 7.99. The Morgan fingerprint density at radius 3 is 2.71 bits per heavy atom. The van der Waals surface area contributed by atoms with Crippen LogP contribution in [0.15, 0.2) is 47.9 Å². The minimum Gasteiger partial charge on any atom is -0.385 e. The van der Waals surface area contributed by atoms with Gasteiger partial charge >= 0.3 is 0 Å². The number of carbonyl (C=O) groups excluding carboxylic acids is 1. The number of rotatable bonds is 9. The van der Waals surface area contributed by atoms with Gasteiger partial charge in [-0.2, -0.15) is 0 Å². The molecule has 3 rings (SSSR count). The molecule has 0 bridgehead atoms. The van der Waals surface area contributed by atoms with Crippen molar-refractivity contribution < 1.29 is 9.53 Å². The number of carbonyl (C=O) groups is 1. The summed E-state index contributed by atoms with van der Waals surface area (Å²) in [6.07, 6.45) is 4.55. The molecule has 3 aromatic rings. The topological polar surface area (TPSA) is 49.1 Å². The maximum atomic E-state index is 12.8. The molecule has 2 heterocycles. The molecular weight excluding hydrogens is 394 g/mol. The van der Waals surface area contributed by atoms with Crippen molar-refractivity contribution in [3.8, 4) is 5.69 Å². The summed E-state index contributed by atoms with van der Waals surface area (Å²) in [6, 6.07) is 9.54. The average molecular weight is 418 g/mol. The highest BCUT2D eigenvalue weighted by Crippen LogP contribution is 2.24. The lowest BCUT2D eigenvalue weighted by atomic mass is 10.2. The first kappa shape index (κ1) is 20.7. The van der Waals surface area contributed by atoms with Crippen LogP contribution in [0.5, 0.6) is 0 Å². The van der Waals surface area contributed by atoms with E-state index < -0.39 is 0 Å². The molecular formula is C21H24ClN3O2S. The normalized spacial score (nSPS) is 11.1. The smallest absolute Gasteiger partial charge is 0.175 e. The van der Waals surface area contributed by atoms with Crippen LogP contribution >= 0.6 is 23.4 Å². The van der Waals surface area contributed by atoms with E-state index in [4.69, 9.17) is 16.3 Å². The average Bonchev–Trinajstić information content (AvgIpc) is 3.26. The zero-order valence-electron chi connectivity index (χ0n) is 16.3. The molecule has 0 aliphatic heterocycles. The molecule has 0 saturated carbocycles. The van der Waals surface area contributed by atoms with Crippen molar-refractivity contribution in [2.45, 2.75) is 32.0 Å². The standard InChI is InChI=1S/C21H24ClN3O2S/c1-15-13-19(16(2)24(15)10-4-12-27-3)20(26)14-28-21-23-9-11-25(21)18-7-5-17(22)6-8-18/h5-9,11,13H,4,10,12,14H2,1-3H3. The Bertz CT molecular complexity index is 947. The second-order valence-electron chi connectivity index (χ2n) is 6.55. The maximum absolute atomic E-state index is 12.8. The number of methoxy groups -OCH3 is 1. The van der Waals surface area contributed by atoms with Crippen molar-refractivity contribution in [3.63, 3.8) is 0 Å². The molecule has 0 fully saturated rings. The monoisotopic (exact) mass is 417 g/mol. The fourth-order valence-corrected chi connectivity index (χ4v) is 4.18. The number of nitrogens with zero attached hydrogens (tertiary/aromatic N) is 3. The number of benzene rings is 1. The molecule has 148 valence electrons. The van der Waals surface area contributed by atoms with Crippen molar-refractivity contribution in [1.82, 2.24) is 14.1 Å². The molecule has 0 aliphatic carbocycles. The SMILES string of the molecule is COCCCn1c(C)cc(C(=O)CSc2nccn2-c2ccc(Cl)cc2)c1C. The number of ketones is 1. The first-order valence-electron chi connectivity index (χ1n) is 9.12. The summed E-state index contributed by atoms with van der Waals surface area (Å²) < 4.78 is 9.28. The number of hydrogen-bond donors (Lipinski definition) is 0. The third-order valence-corrected chi connectivity index (χ3v) is 5.87. The van der Waals surface area contributed by atoms with Gasteiger partial charge in [0.2, 0.25) is 0 Å². The van der Waals surface area contributed by atoms with Crippen LogP contribution in [0.4, 0.5) is 0 Å². The summed E-state index contributed by atoms with van der Waals surface area (Å²) in [4.78, 5) is 17.2. The fourth-order valence-electron chi connectivity index (χ4n) is 3.20. The van der Waals surface area contributed by atoms with Crippen molar-refractivity contribution >= 4 is 29.1 Å². The highest BCUT2D eigenvalue weighted by Gasteiger charge is 2.17. The van der Waals surface area contributed by atoms with Gasteiger partial charge in [-0.3, -0.25) is 9.36 Å². The molecule has 28 heavy (non-hydrogen) atoms. The minimum absolute atomic E-state index is 0.113. The largest absolute Gasteiger partial charge is 0.385 e. The van der Waals surface area contributed by atoms with Gasteiger partial charge in [-0.25, -0.2) is 4.98 Å². The van der Waals surface area contributed by atoms with Crippen LogP contribution in [0.25, 0.3) is 5.69 Å². The van der Waals surface area contributed by atoms with E-state index in [1.165, 1.54) is 11.8 Å². The first-order chi connectivity index (χ1) is 13.5. The number of ether oxygens (including phenoxy) is 1. The van der Waals surface area contributed by atoms with Crippen LogP contribution < -0.4 is 0 Å². The predicted molar refractivity (Wildman–Crippen MR) is 114 cm³/mol. The summed E-state index contributed by atoms with van der Waals surface area (Å²) in [5.41, 5.74) is 3.87. The summed E-state index contributed by atoms with van der Waals surface area (Å²) in [5, 5.41) is 1.47. The molecule has 0 aliphatic rings. The van der Waals surface area contributed by atoms with Gasteiger partial charge in [0.05, 0.1) is 5.75 Å².